The fourth-order valence-electron chi connectivity index (χ4n) is 2.10. The van der Waals surface area contributed by atoms with E-state index in [0.717, 1.165) is 0 Å². The van der Waals surface area contributed by atoms with Crippen LogP contribution >= 0.6 is 0 Å². The Labute approximate surface area is 132 Å². The summed E-state index contributed by atoms with van der Waals surface area (Å²) in [6.07, 6.45) is 1.42. The molecule has 0 saturated heterocycles. The van der Waals surface area contributed by atoms with E-state index in [4.69, 9.17) is 4.42 Å². The lowest BCUT2D eigenvalue weighted by atomic mass is 10.1. The van der Waals surface area contributed by atoms with Gasteiger partial charge in [0.2, 0.25) is 0 Å². The molecule has 0 aliphatic rings. The van der Waals surface area contributed by atoms with E-state index in [-0.39, 0.29) is 11.7 Å². The van der Waals surface area contributed by atoms with Crippen LogP contribution in [0.1, 0.15) is 20.9 Å². The molecule has 0 spiro atoms. The zero-order chi connectivity index (χ0) is 16.1. The molecule has 0 saturated carbocycles. The molecule has 0 radical (unpaired) electrons. The summed E-state index contributed by atoms with van der Waals surface area (Å²) in [5, 5.41) is 5.48. The molecule has 3 aromatic rings. The van der Waals surface area contributed by atoms with Crippen LogP contribution in [0.4, 0.5) is 11.4 Å². The molecule has 1 heterocycles. The highest BCUT2D eigenvalue weighted by Gasteiger charge is 2.15. The first kappa shape index (κ1) is 14.6. The van der Waals surface area contributed by atoms with E-state index >= 15 is 0 Å². The highest BCUT2D eigenvalue weighted by atomic mass is 16.3. The second-order valence-corrected chi connectivity index (χ2v) is 4.80. The Hall–Kier alpha value is -3.34. The first-order valence-corrected chi connectivity index (χ1v) is 7.04. The van der Waals surface area contributed by atoms with Crippen molar-refractivity contribution in [2.75, 3.05) is 10.6 Å². The van der Waals surface area contributed by atoms with E-state index in [2.05, 4.69) is 10.6 Å². The van der Waals surface area contributed by atoms with Gasteiger partial charge in [-0.3, -0.25) is 9.59 Å². The van der Waals surface area contributed by atoms with Crippen LogP contribution in [-0.4, -0.2) is 11.8 Å². The molecule has 5 heteroatoms. The number of benzene rings is 2. The molecule has 3 rings (SSSR count). The maximum absolute atomic E-state index is 12.4. The van der Waals surface area contributed by atoms with Gasteiger partial charge in [0.1, 0.15) is 0 Å². The summed E-state index contributed by atoms with van der Waals surface area (Å²) in [5.41, 5.74) is 1.48. The number of hydrogen-bond donors (Lipinski definition) is 2. The minimum absolute atomic E-state index is 0.184. The van der Waals surface area contributed by atoms with Gasteiger partial charge in [-0.2, -0.15) is 0 Å². The van der Waals surface area contributed by atoms with E-state index in [1.807, 2.05) is 18.2 Å². The van der Waals surface area contributed by atoms with Crippen molar-refractivity contribution in [3.05, 3.63) is 84.3 Å². The van der Waals surface area contributed by atoms with Gasteiger partial charge >= 0.3 is 0 Å². The Morgan fingerprint density at radius 1 is 0.739 bits per heavy atom. The molecule has 2 aromatic carbocycles. The Morgan fingerprint density at radius 2 is 1.48 bits per heavy atom. The molecular formula is C18H14N2O3. The van der Waals surface area contributed by atoms with Gasteiger partial charge in [-0.15, -0.1) is 0 Å². The average Bonchev–Trinajstić information content (AvgIpc) is 3.11. The normalized spacial score (nSPS) is 10.1. The number of para-hydroxylation sites is 2. The quantitative estimate of drug-likeness (QED) is 0.770. The van der Waals surface area contributed by atoms with Crippen LogP contribution < -0.4 is 10.6 Å². The fourth-order valence-corrected chi connectivity index (χ4v) is 2.10. The third-order valence-corrected chi connectivity index (χ3v) is 3.20. The Kier molecular flexibility index (Phi) is 4.20. The minimum Gasteiger partial charge on any atom is -0.459 e. The Balaban J connectivity index is 1.80. The highest BCUT2D eigenvalue weighted by molar-refractivity contribution is 6.11. The summed E-state index contributed by atoms with van der Waals surface area (Å²) in [6, 6.07) is 19.1. The molecule has 5 nitrogen and oxygen atoms in total. The van der Waals surface area contributed by atoms with E-state index in [1.54, 1.807) is 48.5 Å². The molecular weight excluding hydrogens is 292 g/mol. The van der Waals surface area contributed by atoms with Crippen LogP contribution in [0.2, 0.25) is 0 Å². The molecule has 114 valence electrons. The summed E-state index contributed by atoms with van der Waals surface area (Å²) in [4.78, 5) is 24.5. The minimum atomic E-state index is -0.407. The average molecular weight is 306 g/mol. The Bertz CT molecular complexity index is 811. The number of nitrogens with one attached hydrogen (secondary N) is 2. The van der Waals surface area contributed by atoms with E-state index in [9.17, 15) is 9.59 Å². The third kappa shape index (κ3) is 3.47. The maximum atomic E-state index is 12.4. The number of carbonyl (C=O) groups excluding carboxylic acids is 2. The van der Waals surface area contributed by atoms with Crippen molar-refractivity contribution in [2.24, 2.45) is 0 Å². The van der Waals surface area contributed by atoms with Crippen LogP contribution in [-0.2, 0) is 0 Å². The van der Waals surface area contributed by atoms with Crippen LogP contribution in [0.5, 0.6) is 0 Å². The molecule has 0 fully saturated rings. The van der Waals surface area contributed by atoms with Crippen molar-refractivity contribution >= 4 is 23.2 Å². The number of anilines is 2. The second-order valence-electron chi connectivity index (χ2n) is 4.80. The number of amides is 2. The van der Waals surface area contributed by atoms with Gasteiger partial charge in [0.05, 0.1) is 17.5 Å². The predicted molar refractivity (Wildman–Crippen MR) is 87.5 cm³/mol. The number of furan rings is 1. The van der Waals surface area contributed by atoms with Gasteiger partial charge in [0.15, 0.2) is 5.76 Å². The molecule has 0 aliphatic heterocycles. The van der Waals surface area contributed by atoms with Gasteiger partial charge in [-0.1, -0.05) is 30.3 Å². The van der Waals surface area contributed by atoms with E-state index in [0.29, 0.717) is 16.9 Å². The highest BCUT2D eigenvalue weighted by Crippen LogP contribution is 2.18. The summed E-state index contributed by atoms with van der Waals surface area (Å²) >= 11 is 0. The predicted octanol–water partition coefficient (Wildman–Crippen LogP) is 3.78. The van der Waals surface area contributed by atoms with Gasteiger partial charge in [-0.25, -0.2) is 0 Å². The third-order valence-electron chi connectivity index (χ3n) is 3.20. The van der Waals surface area contributed by atoms with Gasteiger partial charge in [-0.05, 0) is 36.4 Å². The molecule has 1 aromatic heterocycles. The standard InChI is InChI=1S/C18H14N2O3/c21-17(19-13-7-2-1-3-8-13)14-9-4-5-10-15(14)20-18(22)16-11-6-12-23-16/h1-12H,(H,19,21)(H,20,22). The first-order valence-electron chi connectivity index (χ1n) is 7.04. The smallest absolute Gasteiger partial charge is 0.291 e. The molecule has 2 N–H and O–H groups in total. The largest absolute Gasteiger partial charge is 0.459 e. The van der Waals surface area contributed by atoms with Gasteiger partial charge < -0.3 is 15.1 Å². The number of rotatable bonds is 4. The summed E-state index contributed by atoms with van der Waals surface area (Å²) in [5.74, 6) is -0.523. The van der Waals surface area contributed by atoms with E-state index < -0.39 is 5.91 Å². The van der Waals surface area contributed by atoms with Crippen molar-refractivity contribution in [1.29, 1.82) is 0 Å². The van der Waals surface area contributed by atoms with E-state index in [1.165, 1.54) is 6.26 Å². The second kappa shape index (κ2) is 6.62. The van der Waals surface area contributed by atoms with Crippen LogP contribution in [0.25, 0.3) is 0 Å². The zero-order valence-electron chi connectivity index (χ0n) is 12.2. The lowest BCUT2D eigenvalue weighted by Gasteiger charge is -2.10. The number of hydrogen-bond acceptors (Lipinski definition) is 3. The molecule has 23 heavy (non-hydrogen) atoms. The van der Waals surface area contributed by atoms with Gasteiger partial charge in [0, 0.05) is 5.69 Å². The summed E-state index contributed by atoms with van der Waals surface area (Å²) in [6.45, 7) is 0. The van der Waals surface area contributed by atoms with Crippen LogP contribution in [0.3, 0.4) is 0 Å². The lowest BCUT2D eigenvalue weighted by molar-refractivity contribution is 0.0996. The summed E-state index contributed by atoms with van der Waals surface area (Å²) in [7, 11) is 0. The maximum Gasteiger partial charge on any atom is 0.291 e. The SMILES string of the molecule is O=C(Nc1ccccc1C(=O)Nc1ccccc1)c1ccco1. The Morgan fingerprint density at radius 3 is 2.22 bits per heavy atom. The van der Waals surface area contributed by atoms with Crippen molar-refractivity contribution in [2.45, 2.75) is 0 Å². The molecule has 0 bridgehead atoms. The monoisotopic (exact) mass is 306 g/mol. The molecule has 2 amide bonds. The zero-order valence-corrected chi connectivity index (χ0v) is 12.2. The van der Waals surface area contributed by atoms with Crippen molar-refractivity contribution < 1.29 is 14.0 Å². The summed E-state index contributed by atoms with van der Waals surface area (Å²) < 4.78 is 5.05. The fraction of sp³-hybridized carbons (Fsp3) is 0. The van der Waals surface area contributed by atoms with Crippen molar-refractivity contribution in [1.82, 2.24) is 0 Å². The topological polar surface area (TPSA) is 71.3 Å². The van der Waals surface area contributed by atoms with Crippen molar-refractivity contribution in [3.63, 3.8) is 0 Å². The van der Waals surface area contributed by atoms with Gasteiger partial charge in [0.25, 0.3) is 11.8 Å². The molecule has 0 aliphatic carbocycles. The number of carbonyl (C=O) groups is 2. The van der Waals surface area contributed by atoms with Crippen LogP contribution in [0, 0.1) is 0 Å². The first-order chi connectivity index (χ1) is 11.2. The molecule has 0 atom stereocenters. The molecule has 0 unspecified atom stereocenters. The van der Waals surface area contributed by atoms with Crippen LogP contribution in [0.15, 0.2) is 77.4 Å². The lowest BCUT2D eigenvalue weighted by Crippen LogP contribution is -2.17. The van der Waals surface area contributed by atoms with Crippen molar-refractivity contribution in [3.8, 4) is 0 Å².